The standard InChI is InChI=1S/C11H16N2O4/c1-7(8(2)11(16)17)10(15)13-5-3-4-12-9(14)6-13/h3-6H2,1-2H3,(H,12,14)(H,16,17). The molecule has 0 bridgehead atoms. The molecule has 0 spiro atoms. The van der Waals surface area contributed by atoms with Gasteiger partial charge in [0.05, 0.1) is 6.54 Å². The lowest BCUT2D eigenvalue weighted by Gasteiger charge is -2.19. The Balaban J connectivity index is 2.85. The van der Waals surface area contributed by atoms with Gasteiger partial charge in [-0.3, -0.25) is 9.59 Å². The van der Waals surface area contributed by atoms with Gasteiger partial charge in [0.25, 0.3) is 0 Å². The van der Waals surface area contributed by atoms with Gasteiger partial charge in [0.2, 0.25) is 11.8 Å². The molecule has 94 valence electrons. The molecule has 2 amide bonds. The summed E-state index contributed by atoms with van der Waals surface area (Å²) in [6, 6.07) is 0. The van der Waals surface area contributed by atoms with Crippen molar-refractivity contribution in [1.29, 1.82) is 0 Å². The lowest BCUT2D eigenvalue weighted by atomic mass is 10.1. The molecule has 1 saturated heterocycles. The van der Waals surface area contributed by atoms with Crippen molar-refractivity contribution in [3.63, 3.8) is 0 Å². The SMILES string of the molecule is CC(C(=O)O)=C(C)C(=O)N1CCCNC(=O)C1. The lowest BCUT2D eigenvalue weighted by molar-refractivity contribution is -0.134. The van der Waals surface area contributed by atoms with Gasteiger partial charge < -0.3 is 15.3 Å². The number of carbonyl (C=O) groups excluding carboxylic acids is 2. The van der Waals surface area contributed by atoms with Crippen molar-refractivity contribution in [2.45, 2.75) is 20.3 Å². The molecule has 0 aliphatic carbocycles. The molecule has 0 aromatic heterocycles. The van der Waals surface area contributed by atoms with E-state index in [1.165, 1.54) is 18.7 Å². The fourth-order valence-electron chi connectivity index (χ4n) is 1.54. The van der Waals surface area contributed by atoms with E-state index in [4.69, 9.17) is 5.11 Å². The predicted octanol–water partition coefficient (Wildman–Crippen LogP) is -0.244. The number of nitrogens with one attached hydrogen (secondary N) is 1. The Kier molecular flexibility index (Phi) is 4.25. The van der Waals surface area contributed by atoms with E-state index >= 15 is 0 Å². The van der Waals surface area contributed by atoms with E-state index in [2.05, 4.69) is 5.32 Å². The van der Waals surface area contributed by atoms with Gasteiger partial charge in [-0.15, -0.1) is 0 Å². The first kappa shape index (κ1) is 13.2. The van der Waals surface area contributed by atoms with Crippen molar-refractivity contribution in [2.75, 3.05) is 19.6 Å². The smallest absolute Gasteiger partial charge is 0.331 e. The monoisotopic (exact) mass is 240 g/mol. The van der Waals surface area contributed by atoms with Crippen LogP contribution in [-0.4, -0.2) is 47.4 Å². The highest BCUT2D eigenvalue weighted by molar-refractivity contribution is 6.02. The van der Waals surface area contributed by atoms with Gasteiger partial charge in [0.1, 0.15) is 0 Å². The lowest BCUT2D eigenvalue weighted by Crippen LogP contribution is -2.38. The number of rotatable bonds is 2. The molecule has 0 atom stereocenters. The molecule has 0 radical (unpaired) electrons. The van der Waals surface area contributed by atoms with Gasteiger partial charge in [-0.25, -0.2) is 4.79 Å². The summed E-state index contributed by atoms with van der Waals surface area (Å²) in [5.41, 5.74) is 0.187. The number of nitrogens with zero attached hydrogens (tertiary/aromatic N) is 1. The molecular formula is C11H16N2O4. The molecule has 6 nitrogen and oxygen atoms in total. The first-order valence-electron chi connectivity index (χ1n) is 5.40. The number of hydrogen-bond acceptors (Lipinski definition) is 3. The maximum atomic E-state index is 12.0. The average Bonchev–Trinajstić information content (AvgIpc) is 2.50. The molecule has 1 fully saturated rings. The quantitative estimate of drug-likeness (QED) is 0.652. The van der Waals surface area contributed by atoms with Crippen LogP contribution >= 0.6 is 0 Å². The van der Waals surface area contributed by atoms with Crippen LogP contribution in [-0.2, 0) is 14.4 Å². The van der Waals surface area contributed by atoms with E-state index in [1.807, 2.05) is 0 Å². The van der Waals surface area contributed by atoms with Gasteiger partial charge in [-0.1, -0.05) is 0 Å². The Hall–Kier alpha value is -1.85. The Morgan fingerprint density at radius 3 is 2.53 bits per heavy atom. The number of aliphatic carboxylic acids is 1. The third-order valence-electron chi connectivity index (χ3n) is 2.75. The number of carboxylic acid groups (broad SMARTS) is 1. The van der Waals surface area contributed by atoms with Crippen LogP contribution in [0.5, 0.6) is 0 Å². The second kappa shape index (κ2) is 5.47. The maximum Gasteiger partial charge on any atom is 0.331 e. The normalized spacial score (nSPS) is 18.0. The zero-order valence-electron chi connectivity index (χ0n) is 9.95. The molecule has 0 saturated carbocycles. The summed E-state index contributed by atoms with van der Waals surface area (Å²) in [6.45, 7) is 3.84. The van der Waals surface area contributed by atoms with E-state index in [0.29, 0.717) is 19.5 Å². The molecule has 0 unspecified atom stereocenters. The van der Waals surface area contributed by atoms with Crippen LogP contribution in [0.15, 0.2) is 11.1 Å². The van der Waals surface area contributed by atoms with E-state index in [0.717, 1.165) is 0 Å². The van der Waals surface area contributed by atoms with E-state index in [1.54, 1.807) is 0 Å². The maximum absolute atomic E-state index is 12.0. The van der Waals surface area contributed by atoms with Crippen molar-refractivity contribution in [1.82, 2.24) is 10.2 Å². The van der Waals surface area contributed by atoms with Gasteiger partial charge in [0.15, 0.2) is 0 Å². The first-order valence-corrected chi connectivity index (χ1v) is 5.40. The van der Waals surface area contributed by atoms with Gasteiger partial charge in [0, 0.05) is 24.2 Å². The Morgan fingerprint density at radius 1 is 1.29 bits per heavy atom. The van der Waals surface area contributed by atoms with Gasteiger partial charge in [-0.2, -0.15) is 0 Å². The predicted molar refractivity (Wildman–Crippen MR) is 60.2 cm³/mol. The van der Waals surface area contributed by atoms with Crippen LogP contribution < -0.4 is 5.32 Å². The zero-order valence-corrected chi connectivity index (χ0v) is 9.95. The summed E-state index contributed by atoms with van der Waals surface area (Å²) in [4.78, 5) is 35.4. The molecule has 6 heteroatoms. The van der Waals surface area contributed by atoms with Crippen LogP contribution in [0.4, 0.5) is 0 Å². The summed E-state index contributed by atoms with van der Waals surface area (Å²) in [7, 11) is 0. The fraction of sp³-hybridized carbons (Fsp3) is 0.545. The van der Waals surface area contributed by atoms with E-state index in [9.17, 15) is 14.4 Å². The van der Waals surface area contributed by atoms with E-state index < -0.39 is 5.97 Å². The van der Waals surface area contributed by atoms with Crippen molar-refractivity contribution in [2.24, 2.45) is 0 Å². The minimum absolute atomic E-state index is 0.0108. The molecule has 1 aliphatic rings. The molecule has 2 N–H and O–H groups in total. The third kappa shape index (κ3) is 3.30. The van der Waals surface area contributed by atoms with Gasteiger partial charge in [-0.05, 0) is 20.3 Å². The molecule has 17 heavy (non-hydrogen) atoms. The topological polar surface area (TPSA) is 86.7 Å². The van der Waals surface area contributed by atoms with Gasteiger partial charge >= 0.3 is 5.97 Å². The largest absolute Gasteiger partial charge is 0.478 e. The van der Waals surface area contributed by atoms with Crippen LogP contribution in [0.1, 0.15) is 20.3 Å². The molecule has 0 aromatic rings. The Morgan fingerprint density at radius 2 is 1.94 bits per heavy atom. The summed E-state index contributed by atoms with van der Waals surface area (Å²) >= 11 is 0. The number of carboxylic acids is 1. The molecule has 0 aromatic carbocycles. The minimum Gasteiger partial charge on any atom is -0.478 e. The number of hydrogen-bond donors (Lipinski definition) is 2. The van der Waals surface area contributed by atoms with E-state index in [-0.39, 0.29) is 29.5 Å². The van der Waals surface area contributed by atoms with Crippen LogP contribution in [0, 0.1) is 0 Å². The van der Waals surface area contributed by atoms with Crippen molar-refractivity contribution >= 4 is 17.8 Å². The number of amides is 2. The highest BCUT2D eigenvalue weighted by Crippen LogP contribution is 2.09. The minimum atomic E-state index is -1.12. The fourth-order valence-corrected chi connectivity index (χ4v) is 1.54. The van der Waals surface area contributed by atoms with Crippen LogP contribution in [0.2, 0.25) is 0 Å². The highest BCUT2D eigenvalue weighted by Gasteiger charge is 2.22. The Bertz CT molecular complexity index is 387. The highest BCUT2D eigenvalue weighted by atomic mass is 16.4. The summed E-state index contributed by atoms with van der Waals surface area (Å²) in [5, 5.41) is 11.5. The van der Waals surface area contributed by atoms with Crippen molar-refractivity contribution in [3.05, 3.63) is 11.1 Å². The first-order chi connectivity index (χ1) is 7.93. The van der Waals surface area contributed by atoms with Crippen LogP contribution in [0.25, 0.3) is 0 Å². The molecule has 1 heterocycles. The second-order valence-electron chi connectivity index (χ2n) is 3.99. The summed E-state index contributed by atoms with van der Waals surface area (Å²) in [6.07, 6.45) is 0.677. The summed E-state index contributed by atoms with van der Waals surface area (Å²) in [5.74, 6) is -1.71. The second-order valence-corrected chi connectivity index (χ2v) is 3.99. The number of carbonyl (C=O) groups is 3. The molecule has 1 rings (SSSR count). The average molecular weight is 240 g/mol. The van der Waals surface area contributed by atoms with Crippen LogP contribution in [0.3, 0.4) is 0 Å². The molecular weight excluding hydrogens is 224 g/mol. The Labute approximate surface area is 99.3 Å². The third-order valence-corrected chi connectivity index (χ3v) is 2.75. The van der Waals surface area contributed by atoms with Crippen molar-refractivity contribution < 1.29 is 19.5 Å². The summed E-state index contributed by atoms with van der Waals surface area (Å²) < 4.78 is 0. The van der Waals surface area contributed by atoms with Crippen molar-refractivity contribution in [3.8, 4) is 0 Å². The molecule has 1 aliphatic heterocycles. The zero-order chi connectivity index (χ0) is 13.0.